The first-order valence-corrected chi connectivity index (χ1v) is 8.46. The largest absolute Gasteiger partial charge is 0.486 e. The molecule has 2 N–H and O–H groups in total. The molecule has 0 aliphatic carbocycles. The SMILES string of the molecule is CC(C)(C)c1ccccc1NC(=O)CNc1ccc2c(c1)OCCO2. The van der Waals surface area contributed by atoms with Gasteiger partial charge in [0.05, 0.1) is 6.54 Å². The summed E-state index contributed by atoms with van der Waals surface area (Å²) in [5.74, 6) is 1.35. The summed E-state index contributed by atoms with van der Waals surface area (Å²) in [6.45, 7) is 7.68. The van der Waals surface area contributed by atoms with Gasteiger partial charge in [-0.15, -0.1) is 0 Å². The maximum atomic E-state index is 12.3. The van der Waals surface area contributed by atoms with Crippen molar-refractivity contribution in [1.29, 1.82) is 0 Å². The van der Waals surface area contributed by atoms with Crippen molar-refractivity contribution in [2.45, 2.75) is 26.2 Å². The summed E-state index contributed by atoms with van der Waals surface area (Å²) in [6, 6.07) is 13.5. The maximum absolute atomic E-state index is 12.3. The molecule has 0 saturated carbocycles. The Labute approximate surface area is 148 Å². The first kappa shape index (κ1) is 17.1. The third-order valence-corrected chi connectivity index (χ3v) is 4.00. The van der Waals surface area contributed by atoms with Crippen molar-refractivity contribution < 1.29 is 14.3 Å². The highest BCUT2D eigenvalue weighted by Gasteiger charge is 2.18. The highest BCUT2D eigenvalue weighted by Crippen LogP contribution is 2.32. The minimum atomic E-state index is -0.0911. The van der Waals surface area contributed by atoms with Crippen LogP contribution in [0.15, 0.2) is 42.5 Å². The lowest BCUT2D eigenvalue weighted by molar-refractivity contribution is -0.114. The molecule has 5 nitrogen and oxygen atoms in total. The minimum Gasteiger partial charge on any atom is -0.486 e. The molecule has 25 heavy (non-hydrogen) atoms. The lowest BCUT2D eigenvalue weighted by atomic mass is 9.86. The molecule has 0 unspecified atom stereocenters. The number of para-hydroxylation sites is 1. The number of ether oxygens (including phenoxy) is 2. The van der Waals surface area contributed by atoms with Crippen molar-refractivity contribution in [2.24, 2.45) is 0 Å². The predicted octanol–water partition coefficient (Wildman–Crippen LogP) is 3.81. The summed E-state index contributed by atoms with van der Waals surface area (Å²) in [7, 11) is 0. The van der Waals surface area contributed by atoms with E-state index in [-0.39, 0.29) is 17.9 Å². The van der Waals surface area contributed by atoms with Crippen LogP contribution in [-0.2, 0) is 10.2 Å². The van der Waals surface area contributed by atoms with Crippen LogP contribution in [0.2, 0.25) is 0 Å². The van der Waals surface area contributed by atoms with Gasteiger partial charge in [0.25, 0.3) is 0 Å². The van der Waals surface area contributed by atoms with Crippen LogP contribution in [0.1, 0.15) is 26.3 Å². The highest BCUT2D eigenvalue weighted by molar-refractivity contribution is 5.94. The van der Waals surface area contributed by atoms with Crippen molar-refractivity contribution >= 4 is 17.3 Å². The Balaban J connectivity index is 1.62. The number of anilines is 2. The molecular formula is C20H24N2O3. The van der Waals surface area contributed by atoms with Crippen molar-refractivity contribution in [3.05, 3.63) is 48.0 Å². The lowest BCUT2D eigenvalue weighted by Gasteiger charge is -2.23. The number of fused-ring (bicyclic) bond motifs is 1. The summed E-state index contributed by atoms with van der Waals surface area (Å²) in [5, 5.41) is 6.12. The third-order valence-electron chi connectivity index (χ3n) is 4.00. The fraction of sp³-hybridized carbons (Fsp3) is 0.350. The first-order chi connectivity index (χ1) is 11.9. The molecule has 5 heteroatoms. The lowest BCUT2D eigenvalue weighted by Crippen LogP contribution is -2.24. The second-order valence-corrected chi connectivity index (χ2v) is 7.06. The van der Waals surface area contributed by atoms with Gasteiger partial charge in [0.15, 0.2) is 11.5 Å². The van der Waals surface area contributed by atoms with E-state index in [1.54, 1.807) is 0 Å². The number of carbonyl (C=O) groups excluding carboxylic acids is 1. The van der Waals surface area contributed by atoms with Gasteiger partial charge in [-0.25, -0.2) is 0 Å². The van der Waals surface area contributed by atoms with Crippen molar-refractivity contribution in [1.82, 2.24) is 0 Å². The number of amides is 1. The molecule has 0 atom stereocenters. The Morgan fingerprint density at radius 1 is 1.04 bits per heavy atom. The first-order valence-electron chi connectivity index (χ1n) is 8.46. The molecule has 1 heterocycles. The zero-order valence-corrected chi connectivity index (χ0v) is 14.9. The van der Waals surface area contributed by atoms with Crippen LogP contribution in [0.3, 0.4) is 0 Å². The van der Waals surface area contributed by atoms with Gasteiger partial charge < -0.3 is 20.1 Å². The molecule has 132 valence electrons. The number of nitrogens with one attached hydrogen (secondary N) is 2. The number of hydrogen-bond acceptors (Lipinski definition) is 4. The number of hydrogen-bond donors (Lipinski definition) is 2. The van der Waals surface area contributed by atoms with E-state index < -0.39 is 0 Å². The molecule has 0 bridgehead atoms. The summed E-state index contributed by atoms with van der Waals surface area (Å²) in [6.07, 6.45) is 0. The molecule has 0 spiro atoms. The van der Waals surface area contributed by atoms with E-state index in [1.807, 2.05) is 42.5 Å². The second-order valence-electron chi connectivity index (χ2n) is 7.06. The molecule has 0 saturated heterocycles. The number of rotatable bonds is 4. The number of carbonyl (C=O) groups is 1. The van der Waals surface area contributed by atoms with E-state index >= 15 is 0 Å². The van der Waals surface area contributed by atoms with Crippen LogP contribution in [0, 0.1) is 0 Å². The fourth-order valence-electron chi connectivity index (χ4n) is 2.78. The number of benzene rings is 2. The van der Waals surface area contributed by atoms with Crippen LogP contribution in [0.5, 0.6) is 11.5 Å². The molecule has 1 aliphatic rings. The van der Waals surface area contributed by atoms with E-state index in [2.05, 4.69) is 31.4 Å². The van der Waals surface area contributed by atoms with Gasteiger partial charge in [-0.1, -0.05) is 39.0 Å². The fourth-order valence-corrected chi connectivity index (χ4v) is 2.78. The molecule has 3 rings (SSSR count). The summed E-state index contributed by atoms with van der Waals surface area (Å²) in [5.41, 5.74) is 2.75. The summed E-state index contributed by atoms with van der Waals surface area (Å²) >= 11 is 0. The highest BCUT2D eigenvalue weighted by atomic mass is 16.6. The molecule has 2 aromatic rings. The average molecular weight is 340 g/mol. The molecule has 1 aliphatic heterocycles. The zero-order valence-electron chi connectivity index (χ0n) is 14.9. The van der Waals surface area contributed by atoms with Crippen LogP contribution in [0.25, 0.3) is 0 Å². The summed E-state index contributed by atoms with van der Waals surface area (Å²) < 4.78 is 11.1. The third kappa shape index (κ3) is 4.24. The van der Waals surface area contributed by atoms with Gasteiger partial charge in [-0.2, -0.15) is 0 Å². The van der Waals surface area contributed by atoms with E-state index in [4.69, 9.17) is 9.47 Å². The molecule has 0 fully saturated rings. The maximum Gasteiger partial charge on any atom is 0.243 e. The van der Waals surface area contributed by atoms with Crippen LogP contribution in [0.4, 0.5) is 11.4 Å². The van der Waals surface area contributed by atoms with Crippen molar-refractivity contribution in [3.63, 3.8) is 0 Å². The zero-order chi connectivity index (χ0) is 17.9. The minimum absolute atomic E-state index is 0.0346. The van der Waals surface area contributed by atoms with Gasteiger partial charge in [0.1, 0.15) is 13.2 Å². The Morgan fingerprint density at radius 3 is 2.52 bits per heavy atom. The Hall–Kier alpha value is -2.69. The van der Waals surface area contributed by atoms with Gasteiger partial charge >= 0.3 is 0 Å². The average Bonchev–Trinajstić information content (AvgIpc) is 2.59. The quantitative estimate of drug-likeness (QED) is 0.889. The Bertz CT molecular complexity index is 766. The van der Waals surface area contributed by atoms with E-state index in [0.29, 0.717) is 19.0 Å². The van der Waals surface area contributed by atoms with E-state index in [1.165, 1.54) is 0 Å². The van der Waals surface area contributed by atoms with E-state index in [0.717, 1.165) is 22.7 Å². The van der Waals surface area contributed by atoms with Gasteiger partial charge in [-0.05, 0) is 29.2 Å². The molecule has 0 radical (unpaired) electrons. The second kappa shape index (κ2) is 7.05. The monoisotopic (exact) mass is 340 g/mol. The standard InChI is InChI=1S/C20H24N2O3/c1-20(2,3)15-6-4-5-7-16(15)22-19(23)13-21-14-8-9-17-18(12-14)25-11-10-24-17/h4-9,12,21H,10-11,13H2,1-3H3,(H,22,23). The predicted molar refractivity (Wildman–Crippen MR) is 99.7 cm³/mol. The smallest absolute Gasteiger partial charge is 0.243 e. The molecule has 1 amide bonds. The Morgan fingerprint density at radius 2 is 1.76 bits per heavy atom. The van der Waals surface area contributed by atoms with Gasteiger partial charge in [0.2, 0.25) is 5.91 Å². The van der Waals surface area contributed by atoms with Crippen molar-refractivity contribution in [2.75, 3.05) is 30.4 Å². The normalized spacial score (nSPS) is 13.2. The molecular weight excluding hydrogens is 316 g/mol. The van der Waals surface area contributed by atoms with Crippen LogP contribution < -0.4 is 20.1 Å². The van der Waals surface area contributed by atoms with Crippen LogP contribution >= 0.6 is 0 Å². The van der Waals surface area contributed by atoms with Gasteiger partial charge in [0, 0.05) is 17.4 Å². The van der Waals surface area contributed by atoms with Crippen molar-refractivity contribution in [3.8, 4) is 11.5 Å². The van der Waals surface area contributed by atoms with E-state index in [9.17, 15) is 4.79 Å². The van der Waals surface area contributed by atoms with Gasteiger partial charge in [-0.3, -0.25) is 4.79 Å². The Kier molecular flexibility index (Phi) is 4.83. The molecule has 0 aromatic heterocycles. The molecule has 2 aromatic carbocycles. The summed E-state index contributed by atoms with van der Waals surface area (Å²) in [4.78, 5) is 12.3. The topological polar surface area (TPSA) is 59.6 Å². The van der Waals surface area contributed by atoms with Crippen LogP contribution in [-0.4, -0.2) is 25.7 Å².